The number of rotatable bonds is 11. The van der Waals surface area contributed by atoms with Crippen LogP contribution in [0.4, 0.5) is 0 Å². The number of hydrogen-bond donors (Lipinski definition) is 1. The summed E-state index contributed by atoms with van der Waals surface area (Å²) in [5.41, 5.74) is 0.817. The molecule has 0 spiro atoms. The largest absolute Gasteiger partial charge is 0.366 e. The van der Waals surface area contributed by atoms with E-state index < -0.39 is 5.79 Å². The summed E-state index contributed by atoms with van der Waals surface area (Å²) in [4.78, 5) is 0. The van der Waals surface area contributed by atoms with E-state index in [-0.39, 0.29) is 6.10 Å². The summed E-state index contributed by atoms with van der Waals surface area (Å²) in [6, 6.07) is 0. The number of hydrogen-bond acceptors (Lipinski definition) is 2. The second kappa shape index (κ2) is 8.33. The Hall–Kier alpha value is -0.340. The molecule has 0 saturated carbocycles. The van der Waals surface area contributed by atoms with E-state index in [0.717, 1.165) is 12.8 Å². The molecule has 0 aromatic carbocycles. The highest BCUT2D eigenvalue weighted by atomic mass is 16.6. The van der Waals surface area contributed by atoms with Crippen molar-refractivity contribution in [3.8, 4) is 0 Å². The summed E-state index contributed by atoms with van der Waals surface area (Å²) in [6.07, 6.45) is 8.72. The maximum Gasteiger partial charge on any atom is 0.160 e. The van der Waals surface area contributed by atoms with Crippen LogP contribution in [0.2, 0.25) is 0 Å². The molecule has 0 aromatic heterocycles. The van der Waals surface area contributed by atoms with Crippen LogP contribution in [0.3, 0.4) is 0 Å². The zero-order valence-corrected chi connectivity index (χ0v) is 15.5. The minimum atomic E-state index is -1.08. The van der Waals surface area contributed by atoms with Gasteiger partial charge in [-0.1, -0.05) is 60.0 Å². The van der Waals surface area contributed by atoms with Gasteiger partial charge in [-0.25, -0.2) is 0 Å². The maximum absolute atomic E-state index is 9.69. The number of aliphatic hydroxyl groups is 1. The van der Waals surface area contributed by atoms with Crippen LogP contribution >= 0.6 is 0 Å². The Morgan fingerprint density at radius 1 is 1.05 bits per heavy atom. The SMILES string of the molecule is C=CC(CCCCC(C)(C)CC(C)(C)CC)OC(C)(C)O. The second-order valence-corrected chi connectivity index (χ2v) is 8.44. The van der Waals surface area contributed by atoms with Crippen molar-refractivity contribution in [2.75, 3.05) is 0 Å². The van der Waals surface area contributed by atoms with E-state index in [0.29, 0.717) is 10.8 Å². The molecule has 126 valence electrons. The molecule has 0 saturated heterocycles. The highest BCUT2D eigenvalue weighted by Gasteiger charge is 2.27. The number of ether oxygens (including phenoxy) is 1. The van der Waals surface area contributed by atoms with E-state index in [9.17, 15) is 5.11 Å². The molecule has 0 heterocycles. The Kier molecular flexibility index (Phi) is 8.20. The lowest BCUT2D eigenvalue weighted by atomic mass is 9.71. The highest BCUT2D eigenvalue weighted by molar-refractivity contribution is 4.82. The Morgan fingerprint density at radius 3 is 2.05 bits per heavy atom. The first kappa shape index (κ1) is 20.7. The molecule has 0 amide bonds. The molecular weight excluding hydrogens is 260 g/mol. The molecule has 2 nitrogen and oxygen atoms in total. The van der Waals surface area contributed by atoms with E-state index in [1.165, 1.54) is 25.7 Å². The average molecular weight is 299 g/mol. The normalized spacial score (nSPS) is 15.0. The first-order valence-corrected chi connectivity index (χ1v) is 8.43. The van der Waals surface area contributed by atoms with Crippen LogP contribution in [-0.4, -0.2) is 17.0 Å². The second-order valence-electron chi connectivity index (χ2n) is 8.44. The Bertz CT molecular complexity index is 297. The Balaban J connectivity index is 4.10. The Morgan fingerprint density at radius 2 is 1.62 bits per heavy atom. The standard InChI is InChI=1S/C19H38O2/c1-9-16(21-19(7,8)20)13-11-12-14-18(5,6)15-17(3,4)10-2/h9,16,20H,1,10-15H2,2-8H3. The number of unbranched alkanes of at least 4 members (excludes halogenated alkanes) is 1. The van der Waals surface area contributed by atoms with Gasteiger partial charge in [0.25, 0.3) is 0 Å². The van der Waals surface area contributed by atoms with Crippen LogP contribution < -0.4 is 0 Å². The zero-order valence-electron chi connectivity index (χ0n) is 15.5. The van der Waals surface area contributed by atoms with Gasteiger partial charge in [0, 0.05) is 0 Å². The summed E-state index contributed by atoms with van der Waals surface area (Å²) in [7, 11) is 0. The lowest BCUT2D eigenvalue weighted by Gasteiger charge is -2.34. The van der Waals surface area contributed by atoms with Gasteiger partial charge in [-0.2, -0.15) is 0 Å². The smallest absolute Gasteiger partial charge is 0.160 e. The van der Waals surface area contributed by atoms with Crippen molar-refractivity contribution in [3.63, 3.8) is 0 Å². The van der Waals surface area contributed by atoms with Crippen molar-refractivity contribution >= 4 is 0 Å². The van der Waals surface area contributed by atoms with Crippen LogP contribution in [0.25, 0.3) is 0 Å². The van der Waals surface area contributed by atoms with Gasteiger partial charge >= 0.3 is 0 Å². The molecule has 1 N–H and O–H groups in total. The fourth-order valence-corrected chi connectivity index (χ4v) is 3.05. The predicted molar refractivity (Wildman–Crippen MR) is 92.3 cm³/mol. The molecule has 0 aliphatic rings. The predicted octanol–water partition coefficient (Wildman–Crippen LogP) is 5.70. The van der Waals surface area contributed by atoms with Crippen molar-refractivity contribution in [2.45, 2.75) is 98.9 Å². The third-order valence-corrected chi connectivity index (χ3v) is 4.21. The third-order valence-electron chi connectivity index (χ3n) is 4.21. The minimum Gasteiger partial charge on any atom is -0.366 e. The van der Waals surface area contributed by atoms with E-state index in [2.05, 4.69) is 41.2 Å². The van der Waals surface area contributed by atoms with Crippen LogP contribution in [0, 0.1) is 10.8 Å². The molecule has 0 aliphatic heterocycles. The van der Waals surface area contributed by atoms with Crippen molar-refractivity contribution in [1.82, 2.24) is 0 Å². The fraction of sp³-hybridized carbons (Fsp3) is 0.895. The molecular formula is C19H38O2. The van der Waals surface area contributed by atoms with Gasteiger partial charge < -0.3 is 9.84 Å². The van der Waals surface area contributed by atoms with Crippen molar-refractivity contribution in [3.05, 3.63) is 12.7 Å². The average Bonchev–Trinajstić information content (AvgIpc) is 2.30. The van der Waals surface area contributed by atoms with E-state index >= 15 is 0 Å². The first-order chi connectivity index (χ1) is 9.41. The van der Waals surface area contributed by atoms with Crippen molar-refractivity contribution in [1.29, 1.82) is 0 Å². The van der Waals surface area contributed by atoms with Crippen LogP contribution in [-0.2, 0) is 4.74 Å². The monoisotopic (exact) mass is 298 g/mol. The van der Waals surface area contributed by atoms with Crippen molar-refractivity contribution in [2.24, 2.45) is 10.8 Å². The van der Waals surface area contributed by atoms with Crippen molar-refractivity contribution < 1.29 is 9.84 Å². The quantitative estimate of drug-likeness (QED) is 0.301. The van der Waals surface area contributed by atoms with Gasteiger partial charge in [0.15, 0.2) is 5.79 Å². The molecule has 0 radical (unpaired) electrons. The summed E-state index contributed by atoms with van der Waals surface area (Å²) >= 11 is 0. The third kappa shape index (κ3) is 11.0. The zero-order chi connectivity index (χ0) is 16.7. The van der Waals surface area contributed by atoms with Crippen LogP contribution in [0.5, 0.6) is 0 Å². The van der Waals surface area contributed by atoms with E-state index in [4.69, 9.17) is 4.74 Å². The fourth-order valence-electron chi connectivity index (χ4n) is 3.05. The molecule has 1 unspecified atom stereocenters. The lowest BCUT2D eigenvalue weighted by Crippen LogP contribution is -2.29. The van der Waals surface area contributed by atoms with Crippen LogP contribution in [0.1, 0.15) is 87.0 Å². The topological polar surface area (TPSA) is 29.5 Å². The summed E-state index contributed by atoms with van der Waals surface area (Å²) in [5, 5.41) is 9.69. The Labute approximate surface area is 133 Å². The molecule has 2 heteroatoms. The molecule has 0 aliphatic carbocycles. The molecule has 1 atom stereocenters. The molecule has 21 heavy (non-hydrogen) atoms. The molecule has 0 aromatic rings. The first-order valence-electron chi connectivity index (χ1n) is 8.43. The van der Waals surface area contributed by atoms with Gasteiger partial charge in [0.05, 0.1) is 6.10 Å². The molecule has 0 bridgehead atoms. The minimum absolute atomic E-state index is 0.0554. The van der Waals surface area contributed by atoms with Gasteiger partial charge in [0.1, 0.15) is 0 Å². The highest BCUT2D eigenvalue weighted by Crippen LogP contribution is 2.39. The molecule has 0 fully saturated rings. The summed E-state index contributed by atoms with van der Waals surface area (Å²) in [5.74, 6) is -1.08. The maximum atomic E-state index is 9.69. The summed E-state index contributed by atoms with van der Waals surface area (Å²) < 4.78 is 5.55. The van der Waals surface area contributed by atoms with Gasteiger partial charge in [0.2, 0.25) is 0 Å². The van der Waals surface area contributed by atoms with E-state index in [1.807, 2.05) is 0 Å². The van der Waals surface area contributed by atoms with Gasteiger partial charge in [-0.3, -0.25) is 0 Å². The lowest BCUT2D eigenvalue weighted by molar-refractivity contribution is -0.195. The molecule has 0 rings (SSSR count). The summed E-state index contributed by atoms with van der Waals surface area (Å²) in [6.45, 7) is 18.9. The van der Waals surface area contributed by atoms with Gasteiger partial charge in [-0.05, 0) is 43.9 Å². The van der Waals surface area contributed by atoms with Crippen LogP contribution in [0.15, 0.2) is 12.7 Å². The van der Waals surface area contributed by atoms with E-state index in [1.54, 1.807) is 19.9 Å². The van der Waals surface area contributed by atoms with Gasteiger partial charge in [-0.15, -0.1) is 6.58 Å².